The molecule has 1 amide bonds. The third-order valence-corrected chi connectivity index (χ3v) is 7.01. The summed E-state index contributed by atoms with van der Waals surface area (Å²) in [6, 6.07) is 5.84. The van der Waals surface area contributed by atoms with Gasteiger partial charge in [-0.3, -0.25) is 4.79 Å². The van der Waals surface area contributed by atoms with E-state index in [0.717, 1.165) is 69.3 Å². The summed E-state index contributed by atoms with van der Waals surface area (Å²) in [6.45, 7) is 9.76. The number of amides is 1. The Morgan fingerprint density at radius 1 is 1.14 bits per heavy atom. The predicted octanol–water partition coefficient (Wildman–Crippen LogP) is 4.38. The Morgan fingerprint density at radius 3 is 2.55 bits per heavy atom. The lowest BCUT2D eigenvalue weighted by molar-refractivity contribution is 0.103. The van der Waals surface area contributed by atoms with Gasteiger partial charge in [-0.15, -0.1) is 11.3 Å². The highest BCUT2D eigenvalue weighted by Gasteiger charge is 2.24. The van der Waals surface area contributed by atoms with Gasteiger partial charge >= 0.3 is 0 Å². The molecule has 0 bridgehead atoms. The summed E-state index contributed by atoms with van der Waals surface area (Å²) in [5, 5.41) is 4.06. The fourth-order valence-corrected chi connectivity index (χ4v) is 5.22. The molecule has 152 valence electrons. The third-order valence-electron chi connectivity index (χ3n) is 5.33. The Labute approximate surface area is 183 Å². The van der Waals surface area contributed by atoms with E-state index in [0.29, 0.717) is 4.88 Å². The number of fused-ring (bicyclic) bond motifs is 1. The molecule has 8 heteroatoms. The molecule has 1 aliphatic heterocycles. The molecule has 0 unspecified atom stereocenters. The lowest BCUT2D eigenvalue weighted by Gasteiger charge is -2.33. The van der Waals surface area contributed by atoms with Crippen molar-refractivity contribution in [3.8, 4) is 0 Å². The second-order valence-electron chi connectivity index (χ2n) is 7.53. The molecule has 6 nitrogen and oxygen atoms in total. The number of halogens is 1. The number of piperazine rings is 1. The molecule has 29 heavy (non-hydrogen) atoms. The summed E-state index contributed by atoms with van der Waals surface area (Å²) < 4.78 is 0.994. The Kier molecular flexibility index (Phi) is 5.59. The standard InChI is InChI=1S/C21H24BrN5OS/c1-12-11-15(22)5-6-16(12)25-20(28)18-13(2)17-19(23-14(3)24-21(17)29-18)27-9-7-26(4)8-10-27/h5-6,11H,7-10H2,1-4H3,(H,25,28). The van der Waals surface area contributed by atoms with Gasteiger partial charge in [-0.25, -0.2) is 9.97 Å². The van der Waals surface area contributed by atoms with Gasteiger partial charge in [-0.05, 0) is 57.1 Å². The van der Waals surface area contributed by atoms with Gasteiger partial charge in [0.25, 0.3) is 5.91 Å². The van der Waals surface area contributed by atoms with Crippen LogP contribution in [0, 0.1) is 20.8 Å². The number of aryl methyl sites for hydroxylation is 3. The van der Waals surface area contributed by atoms with Crippen LogP contribution in [0.25, 0.3) is 10.2 Å². The average molecular weight is 474 g/mol. The number of nitrogens with zero attached hydrogens (tertiary/aromatic N) is 4. The molecule has 2 aromatic heterocycles. The number of carbonyl (C=O) groups is 1. The van der Waals surface area contributed by atoms with Crippen LogP contribution in [0.15, 0.2) is 22.7 Å². The molecular formula is C21H24BrN5OS. The summed E-state index contributed by atoms with van der Waals surface area (Å²) in [4.78, 5) is 28.7. The largest absolute Gasteiger partial charge is 0.353 e. The van der Waals surface area contributed by atoms with Gasteiger partial charge in [-0.1, -0.05) is 15.9 Å². The second-order valence-corrected chi connectivity index (χ2v) is 9.45. The number of benzene rings is 1. The van der Waals surface area contributed by atoms with E-state index in [2.05, 4.69) is 43.1 Å². The van der Waals surface area contributed by atoms with Crippen LogP contribution in [-0.4, -0.2) is 54.0 Å². The molecule has 0 spiro atoms. The van der Waals surface area contributed by atoms with Gasteiger partial charge in [0.05, 0.1) is 10.3 Å². The number of likely N-dealkylation sites (N-methyl/N-ethyl adjacent to an activating group) is 1. The van der Waals surface area contributed by atoms with E-state index < -0.39 is 0 Å². The molecule has 4 rings (SSSR count). The monoisotopic (exact) mass is 473 g/mol. The van der Waals surface area contributed by atoms with E-state index in [1.807, 2.05) is 39.0 Å². The van der Waals surface area contributed by atoms with Gasteiger partial charge in [0, 0.05) is 36.3 Å². The van der Waals surface area contributed by atoms with Crippen LogP contribution in [0.5, 0.6) is 0 Å². The summed E-state index contributed by atoms with van der Waals surface area (Å²) in [5.74, 6) is 1.59. The quantitative estimate of drug-likeness (QED) is 0.611. The van der Waals surface area contributed by atoms with E-state index in [9.17, 15) is 4.79 Å². The topological polar surface area (TPSA) is 61.4 Å². The van der Waals surface area contributed by atoms with Crippen LogP contribution < -0.4 is 10.2 Å². The lowest BCUT2D eigenvalue weighted by Crippen LogP contribution is -2.45. The molecule has 0 radical (unpaired) electrons. The highest BCUT2D eigenvalue weighted by Crippen LogP contribution is 2.36. The minimum absolute atomic E-state index is 0.0992. The zero-order chi connectivity index (χ0) is 20.7. The third kappa shape index (κ3) is 4.01. The van der Waals surface area contributed by atoms with Gasteiger partial charge in [0.15, 0.2) is 0 Å². The maximum Gasteiger partial charge on any atom is 0.266 e. The first kappa shape index (κ1) is 20.3. The van der Waals surface area contributed by atoms with Crippen LogP contribution in [-0.2, 0) is 0 Å². The van der Waals surface area contributed by atoms with Crippen molar-refractivity contribution in [2.45, 2.75) is 20.8 Å². The van der Waals surface area contributed by atoms with Crippen molar-refractivity contribution in [1.82, 2.24) is 14.9 Å². The lowest BCUT2D eigenvalue weighted by atomic mass is 10.1. The number of hydrogen-bond donors (Lipinski definition) is 1. The van der Waals surface area contributed by atoms with Crippen molar-refractivity contribution in [1.29, 1.82) is 0 Å². The molecule has 1 fully saturated rings. The van der Waals surface area contributed by atoms with E-state index in [4.69, 9.17) is 4.98 Å². The number of hydrogen-bond acceptors (Lipinski definition) is 6. The highest BCUT2D eigenvalue weighted by molar-refractivity contribution is 9.10. The fourth-order valence-electron chi connectivity index (χ4n) is 3.63. The molecule has 1 N–H and O–H groups in total. The fraction of sp³-hybridized carbons (Fsp3) is 0.381. The first-order valence-corrected chi connectivity index (χ1v) is 11.2. The van der Waals surface area contributed by atoms with Crippen molar-refractivity contribution < 1.29 is 4.79 Å². The van der Waals surface area contributed by atoms with Crippen LogP contribution >= 0.6 is 27.3 Å². The second kappa shape index (κ2) is 8.01. The van der Waals surface area contributed by atoms with Crippen molar-refractivity contribution in [2.24, 2.45) is 0 Å². The zero-order valence-electron chi connectivity index (χ0n) is 17.0. The van der Waals surface area contributed by atoms with Gasteiger partial charge in [-0.2, -0.15) is 0 Å². The number of nitrogens with one attached hydrogen (secondary N) is 1. The normalized spacial score (nSPS) is 15.1. The first-order valence-electron chi connectivity index (χ1n) is 9.62. The summed E-state index contributed by atoms with van der Waals surface area (Å²) >= 11 is 4.91. The Bertz CT molecular complexity index is 1090. The Balaban J connectivity index is 1.71. The number of rotatable bonds is 3. The maximum absolute atomic E-state index is 13.1. The summed E-state index contributed by atoms with van der Waals surface area (Å²) in [7, 11) is 2.14. The van der Waals surface area contributed by atoms with Crippen molar-refractivity contribution >= 4 is 54.9 Å². The first-order chi connectivity index (χ1) is 13.8. The minimum atomic E-state index is -0.0992. The zero-order valence-corrected chi connectivity index (χ0v) is 19.4. The molecule has 0 atom stereocenters. The van der Waals surface area contributed by atoms with Crippen LogP contribution in [0.1, 0.15) is 26.6 Å². The molecule has 3 aromatic rings. The van der Waals surface area contributed by atoms with E-state index in [-0.39, 0.29) is 5.91 Å². The molecule has 3 heterocycles. The van der Waals surface area contributed by atoms with Crippen molar-refractivity contribution in [2.75, 3.05) is 43.4 Å². The van der Waals surface area contributed by atoms with E-state index in [1.54, 1.807) is 0 Å². The van der Waals surface area contributed by atoms with E-state index in [1.165, 1.54) is 11.3 Å². The number of thiophene rings is 1. The molecule has 1 aliphatic rings. The van der Waals surface area contributed by atoms with Crippen molar-refractivity contribution in [3.05, 3.63) is 44.5 Å². The molecule has 1 aromatic carbocycles. The van der Waals surface area contributed by atoms with Crippen LogP contribution in [0.4, 0.5) is 11.5 Å². The smallest absolute Gasteiger partial charge is 0.266 e. The number of anilines is 2. The predicted molar refractivity (Wildman–Crippen MR) is 123 cm³/mol. The molecular weight excluding hydrogens is 450 g/mol. The minimum Gasteiger partial charge on any atom is -0.353 e. The Hall–Kier alpha value is -2.03. The van der Waals surface area contributed by atoms with Crippen LogP contribution in [0.3, 0.4) is 0 Å². The highest BCUT2D eigenvalue weighted by atomic mass is 79.9. The summed E-state index contributed by atoms with van der Waals surface area (Å²) in [6.07, 6.45) is 0. The number of aromatic nitrogens is 2. The number of carbonyl (C=O) groups excluding carboxylic acids is 1. The molecule has 0 aliphatic carbocycles. The van der Waals surface area contributed by atoms with Crippen LogP contribution in [0.2, 0.25) is 0 Å². The average Bonchev–Trinajstić information content (AvgIpc) is 3.00. The Morgan fingerprint density at radius 2 is 1.86 bits per heavy atom. The van der Waals surface area contributed by atoms with Crippen molar-refractivity contribution in [3.63, 3.8) is 0 Å². The molecule has 0 saturated carbocycles. The van der Waals surface area contributed by atoms with E-state index >= 15 is 0 Å². The SMILES string of the molecule is Cc1nc(N2CCN(C)CC2)c2c(C)c(C(=O)Nc3ccc(Br)cc3C)sc2n1. The summed E-state index contributed by atoms with van der Waals surface area (Å²) in [5.41, 5.74) is 2.78. The van der Waals surface area contributed by atoms with Gasteiger partial charge in [0.1, 0.15) is 16.5 Å². The maximum atomic E-state index is 13.1. The van der Waals surface area contributed by atoms with Gasteiger partial charge < -0.3 is 15.1 Å². The van der Waals surface area contributed by atoms with Gasteiger partial charge in [0.2, 0.25) is 0 Å². The molecule has 1 saturated heterocycles.